The van der Waals surface area contributed by atoms with Gasteiger partial charge in [0, 0.05) is 11.4 Å². The van der Waals surface area contributed by atoms with Gasteiger partial charge in [-0.15, -0.1) is 11.3 Å². The number of rotatable bonds is 5. The van der Waals surface area contributed by atoms with E-state index < -0.39 is 16.0 Å². The van der Waals surface area contributed by atoms with Crippen molar-refractivity contribution in [1.29, 1.82) is 0 Å². The van der Waals surface area contributed by atoms with Crippen molar-refractivity contribution >= 4 is 27.3 Å². The largest absolute Gasteiger partial charge is 0.478 e. The van der Waals surface area contributed by atoms with E-state index in [2.05, 4.69) is 16.5 Å². The van der Waals surface area contributed by atoms with Gasteiger partial charge in [-0.2, -0.15) is 0 Å². The van der Waals surface area contributed by atoms with E-state index in [1.807, 2.05) is 0 Å². The maximum absolute atomic E-state index is 12.2. The van der Waals surface area contributed by atoms with Gasteiger partial charge < -0.3 is 10.0 Å². The smallest absolute Gasteiger partial charge is 0.336 e. The highest BCUT2D eigenvalue weighted by molar-refractivity contribution is 7.91. The fourth-order valence-corrected chi connectivity index (χ4v) is 4.69. The van der Waals surface area contributed by atoms with Crippen LogP contribution in [-0.4, -0.2) is 50.1 Å². The first-order valence-corrected chi connectivity index (χ1v) is 8.85. The summed E-state index contributed by atoms with van der Waals surface area (Å²) in [4.78, 5) is 13.1. The van der Waals surface area contributed by atoms with Crippen LogP contribution in [0.5, 0.6) is 0 Å². The fourth-order valence-electron chi connectivity index (χ4n) is 2.21. The molecule has 0 atom stereocenters. The van der Waals surface area contributed by atoms with Crippen molar-refractivity contribution in [3.8, 4) is 0 Å². The second-order valence-corrected chi connectivity index (χ2v) is 7.64. The Balaban J connectivity index is 2.02. The summed E-state index contributed by atoms with van der Waals surface area (Å²) >= 11 is 0.937. The van der Waals surface area contributed by atoms with Crippen molar-refractivity contribution in [2.75, 3.05) is 19.6 Å². The van der Waals surface area contributed by atoms with Crippen molar-refractivity contribution in [1.82, 2.24) is 9.62 Å². The average Bonchev–Trinajstić information content (AvgIpc) is 2.90. The van der Waals surface area contributed by atoms with Gasteiger partial charge in [0.25, 0.3) is 0 Å². The molecule has 0 aliphatic carbocycles. The van der Waals surface area contributed by atoms with E-state index in [0.717, 1.165) is 43.8 Å². The lowest BCUT2D eigenvalue weighted by molar-refractivity contribution is 0.0697. The number of nitrogens with zero attached hydrogens (tertiary/aromatic N) is 1. The number of hydrogen-bond donors (Lipinski definition) is 2. The van der Waals surface area contributed by atoms with Gasteiger partial charge in [-0.25, -0.2) is 17.9 Å². The van der Waals surface area contributed by atoms with E-state index in [0.29, 0.717) is 0 Å². The highest BCUT2D eigenvalue weighted by Crippen LogP contribution is 2.21. The van der Waals surface area contributed by atoms with Crippen molar-refractivity contribution in [2.24, 2.45) is 0 Å². The van der Waals surface area contributed by atoms with Gasteiger partial charge in [0.1, 0.15) is 4.21 Å². The molecule has 0 amide bonds. The van der Waals surface area contributed by atoms with E-state index in [1.54, 1.807) is 0 Å². The van der Waals surface area contributed by atoms with Crippen molar-refractivity contribution < 1.29 is 18.3 Å². The molecule has 0 unspecified atom stereocenters. The lowest BCUT2D eigenvalue weighted by Crippen LogP contribution is -2.44. The Labute approximate surface area is 122 Å². The van der Waals surface area contributed by atoms with Gasteiger partial charge >= 0.3 is 5.97 Å². The second-order valence-electron chi connectivity index (χ2n) is 4.79. The number of piperidine rings is 1. The van der Waals surface area contributed by atoms with Gasteiger partial charge in [-0.05, 0) is 38.5 Å². The first-order valence-electron chi connectivity index (χ1n) is 6.49. The zero-order chi connectivity index (χ0) is 14.8. The standard InChI is InChI=1S/C12H18N2O4S2/c1-2-14-5-3-10(4-6-14)13-20(17,18)11-7-9(8-19-11)12(15)16/h7-8,10,13H,2-6H2,1H3,(H,15,16). The van der Waals surface area contributed by atoms with Crippen LogP contribution in [0.3, 0.4) is 0 Å². The van der Waals surface area contributed by atoms with E-state index in [1.165, 1.54) is 11.4 Å². The highest BCUT2D eigenvalue weighted by Gasteiger charge is 2.25. The van der Waals surface area contributed by atoms with Crippen LogP contribution in [0, 0.1) is 0 Å². The molecule has 1 aliphatic rings. The van der Waals surface area contributed by atoms with Crippen LogP contribution >= 0.6 is 11.3 Å². The molecular formula is C12H18N2O4S2. The normalized spacial score (nSPS) is 18.2. The Bertz CT molecular complexity index is 574. The van der Waals surface area contributed by atoms with Crippen molar-refractivity contribution in [2.45, 2.75) is 30.0 Å². The molecule has 1 aromatic rings. The van der Waals surface area contributed by atoms with Crippen LogP contribution in [-0.2, 0) is 10.0 Å². The first kappa shape index (κ1) is 15.4. The monoisotopic (exact) mass is 318 g/mol. The van der Waals surface area contributed by atoms with Gasteiger partial charge in [0.05, 0.1) is 5.56 Å². The summed E-state index contributed by atoms with van der Waals surface area (Å²) in [6.07, 6.45) is 1.56. The summed E-state index contributed by atoms with van der Waals surface area (Å²) in [6, 6.07) is 1.13. The third-order valence-corrected chi connectivity index (χ3v) is 6.40. The summed E-state index contributed by atoms with van der Waals surface area (Å²) in [6.45, 7) is 4.83. The molecule has 20 heavy (non-hydrogen) atoms. The lowest BCUT2D eigenvalue weighted by Gasteiger charge is -2.31. The highest BCUT2D eigenvalue weighted by atomic mass is 32.2. The number of hydrogen-bond acceptors (Lipinski definition) is 5. The van der Waals surface area contributed by atoms with E-state index in [-0.39, 0.29) is 15.8 Å². The molecule has 0 bridgehead atoms. The van der Waals surface area contributed by atoms with Gasteiger partial charge in [0.15, 0.2) is 0 Å². The first-order chi connectivity index (χ1) is 9.42. The maximum Gasteiger partial charge on any atom is 0.336 e. The van der Waals surface area contributed by atoms with Gasteiger partial charge in [0.2, 0.25) is 10.0 Å². The predicted molar refractivity (Wildman–Crippen MR) is 76.7 cm³/mol. The van der Waals surface area contributed by atoms with E-state index in [9.17, 15) is 13.2 Å². The Morgan fingerprint density at radius 1 is 1.50 bits per heavy atom. The quantitative estimate of drug-likeness (QED) is 0.852. The van der Waals surface area contributed by atoms with Crippen LogP contribution in [0.4, 0.5) is 0 Å². The number of aromatic carboxylic acids is 1. The number of sulfonamides is 1. The molecule has 2 heterocycles. The van der Waals surface area contributed by atoms with Crippen LogP contribution in [0.2, 0.25) is 0 Å². The summed E-state index contributed by atoms with van der Waals surface area (Å²) in [5.74, 6) is -1.11. The summed E-state index contributed by atoms with van der Waals surface area (Å²) < 4.78 is 27.1. The number of thiophene rings is 1. The van der Waals surface area contributed by atoms with Crippen LogP contribution in [0.1, 0.15) is 30.1 Å². The van der Waals surface area contributed by atoms with Crippen molar-refractivity contribution in [3.63, 3.8) is 0 Å². The zero-order valence-electron chi connectivity index (χ0n) is 11.2. The number of carboxylic acids is 1. The fraction of sp³-hybridized carbons (Fsp3) is 0.583. The Kier molecular flexibility index (Phi) is 4.79. The number of nitrogens with one attached hydrogen (secondary N) is 1. The Hall–Kier alpha value is -0.960. The minimum atomic E-state index is -3.61. The zero-order valence-corrected chi connectivity index (χ0v) is 12.8. The molecule has 6 nitrogen and oxygen atoms in total. The Morgan fingerprint density at radius 3 is 2.65 bits per heavy atom. The number of carboxylic acid groups (broad SMARTS) is 1. The molecule has 8 heteroatoms. The third-order valence-electron chi connectivity index (χ3n) is 3.44. The molecule has 2 N–H and O–H groups in total. The molecule has 2 rings (SSSR count). The molecule has 1 saturated heterocycles. The Morgan fingerprint density at radius 2 is 2.15 bits per heavy atom. The van der Waals surface area contributed by atoms with Gasteiger partial charge in [-0.1, -0.05) is 6.92 Å². The van der Waals surface area contributed by atoms with E-state index in [4.69, 9.17) is 5.11 Å². The molecule has 1 fully saturated rings. The third kappa shape index (κ3) is 3.57. The predicted octanol–water partition coefficient (Wildman–Crippen LogP) is 1.21. The van der Waals surface area contributed by atoms with Gasteiger partial charge in [-0.3, -0.25) is 0 Å². The molecular weight excluding hydrogens is 300 g/mol. The molecule has 0 spiro atoms. The molecule has 112 valence electrons. The average molecular weight is 318 g/mol. The van der Waals surface area contributed by atoms with E-state index >= 15 is 0 Å². The molecule has 0 saturated carbocycles. The summed E-state index contributed by atoms with van der Waals surface area (Å²) in [5.41, 5.74) is 0.0103. The molecule has 0 aromatic carbocycles. The van der Waals surface area contributed by atoms with Crippen LogP contribution in [0.25, 0.3) is 0 Å². The van der Waals surface area contributed by atoms with Crippen molar-refractivity contribution in [3.05, 3.63) is 17.0 Å². The minimum Gasteiger partial charge on any atom is -0.478 e. The maximum atomic E-state index is 12.2. The summed E-state index contributed by atoms with van der Waals surface area (Å²) in [5, 5.41) is 10.2. The van der Waals surface area contributed by atoms with Crippen LogP contribution in [0.15, 0.2) is 15.7 Å². The summed E-state index contributed by atoms with van der Waals surface area (Å²) in [7, 11) is -3.61. The SMILES string of the molecule is CCN1CCC(NS(=O)(=O)c2cc(C(=O)O)cs2)CC1. The number of likely N-dealkylation sites (tertiary alicyclic amines) is 1. The molecule has 0 radical (unpaired) electrons. The molecule has 1 aromatic heterocycles. The number of carbonyl (C=O) groups is 1. The topological polar surface area (TPSA) is 86.7 Å². The second kappa shape index (κ2) is 6.21. The minimum absolute atomic E-state index is 0.0103. The van der Waals surface area contributed by atoms with Crippen LogP contribution < -0.4 is 4.72 Å². The molecule has 1 aliphatic heterocycles. The lowest BCUT2D eigenvalue weighted by atomic mass is 10.1.